The Bertz CT molecular complexity index is 610. The van der Waals surface area contributed by atoms with E-state index in [1.165, 1.54) is 6.07 Å². The highest BCUT2D eigenvalue weighted by Gasteiger charge is 2.19. The van der Waals surface area contributed by atoms with Crippen molar-refractivity contribution in [3.63, 3.8) is 0 Å². The average Bonchev–Trinajstić information content (AvgIpc) is 2.32. The van der Waals surface area contributed by atoms with E-state index in [-0.39, 0.29) is 17.0 Å². The molecule has 0 atom stereocenters. The maximum atomic E-state index is 12.0. The zero-order chi connectivity index (χ0) is 14.6. The van der Waals surface area contributed by atoms with Gasteiger partial charge in [0.2, 0.25) is 10.0 Å². The second-order valence-corrected chi connectivity index (χ2v) is 6.48. The van der Waals surface area contributed by atoms with Gasteiger partial charge in [0.25, 0.3) is 0 Å². The molecule has 0 aliphatic heterocycles. The second-order valence-electron chi connectivity index (χ2n) is 3.86. The summed E-state index contributed by atoms with van der Waals surface area (Å²) in [5, 5.41) is 9.05. The standard InChI is InChI=1S/C12H14BrNO4S/c1-3-4-5-14-19(17,18)9-6-10(12(15)16)8(2)11(13)7-9/h3,6-7,14H,1,4-5H2,2H3,(H,15,16). The minimum atomic E-state index is -3.72. The first kappa shape index (κ1) is 15.9. The lowest BCUT2D eigenvalue weighted by molar-refractivity contribution is 0.0695. The van der Waals surface area contributed by atoms with Crippen molar-refractivity contribution in [1.29, 1.82) is 0 Å². The van der Waals surface area contributed by atoms with Crippen LogP contribution in [0.25, 0.3) is 0 Å². The van der Waals surface area contributed by atoms with Crippen molar-refractivity contribution in [3.8, 4) is 0 Å². The van der Waals surface area contributed by atoms with Crippen LogP contribution in [0, 0.1) is 6.92 Å². The summed E-state index contributed by atoms with van der Waals surface area (Å²) in [6, 6.07) is 2.54. The molecule has 0 aromatic heterocycles. The number of nitrogens with one attached hydrogen (secondary N) is 1. The first-order valence-corrected chi connectivity index (χ1v) is 7.71. The number of halogens is 1. The molecule has 7 heteroatoms. The molecule has 0 radical (unpaired) electrons. The number of hydrogen-bond acceptors (Lipinski definition) is 3. The summed E-state index contributed by atoms with van der Waals surface area (Å²) in [5.74, 6) is -1.17. The van der Waals surface area contributed by atoms with Crippen molar-refractivity contribution in [1.82, 2.24) is 4.72 Å². The van der Waals surface area contributed by atoms with Crippen molar-refractivity contribution >= 4 is 31.9 Å². The molecule has 0 fully saturated rings. The fourth-order valence-corrected chi connectivity index (χ4v) is 3.12. The molecule has 2 N–H and O–H groups in total. The normalized spacial score (nSPS) is 11.3. The van der Waals surface area contributed by atoms with Crippen molar-refractivity contribution in [3.05, 3.63) is 40.4 Å². The van der Waals surface area contributed by atoms with Gasteiger partial charge in [0.15, 0.2) is 0 Å². The van der Waals surface area contributed by atoms with Gasteiger partial charge in [-0.1, -0.05) is 22.0 Å². The van der Waals surface area contributed by atoms with Crippen LogP contribution in [0.4, 0.5) is 0 Å². The number of carbonyl (C=O) groups is 1. The van der Waals surface area contributed by atoms with Crippen molar-refractivity contribution in [2.75, 3.05) is 6.54 Å². The van der Waals surface area contributed by atoms with E-state index in [9.17, 15) is 13.2 Å². The summed E-state index contributed by atoms with van der Waals surface area (Å²) in [7, 11) is -3.72. The van der Waals surface area contributed by atoms with E-state index >= 15 is 0 Å². The Kier molecular flexibility index (Phi) is 5.28. The highest BCUT2D eigenvalue weighted by atomic mass is 79.9. The van der Waals surface area contributed by atoms with Gasteiger partial charge >= 0.3 is 5.97 Å². The number of aromatic carboxylic acids is 1. The van der Waals surface area contributed by atoms with E-state index in [2.05, 4.69) is 27.2 Å². The number of hydrogen-bond donors (Lipinski definition) is 2. The van der Waals surface area contributed by atoms with Crippen LogP contribution < -0.4 is 4.72 Å². The number of sulfonamides is 1. The fourth-order valence-electron chi connectivity index (χ4n) is 1.41. The largest absolute Gasteiger partial charge is 0.478 e. The summed E-state index contributed by atoms with van der Waals surface area (Å²) >= 11 is 3.17. The quantitative estimate of drug-likeness (QED) is 0.610. The van der Waals surface area contributed by atoms with Crippen LogP contribution in [-0.4, -0.2) is 26.0 Å². The number of rotatable bonds is 6. The third-order valence-electron chi connectivity index (χ3n) is 2.50. The molecule has 1 aromatic carbocycles. The van der Waals surface area contributed by atoms with Gasteiger partial charge in [0.05, 0.1) is 10.5 Å². The molecule has 104 valence electrons. The zero-order valence-corrected chi connectivity index (χ0v) is 12.7. The smallest absolute Gasteiger partial charge is 0.336 e. The highest BCUT2D eigenvalue weighted by Crippen LogP contribution is 2.24. The number of carboxylic acids is 1. The molecule has 0 saturated carbocycles. The minimum absolute atomic E-state index is 0.0431. The minimum Gasteiger partial charge on any atom is -0.478 e. The van der Waals surface area contributed by atoms with Crippen LogP contribution >= 0.6 is 15.9 Å². The molecule has 1 aromatic rings. The van der Waals surface area contributed by atoms with Crippen LogP contribution in [0.1, 0.15) is 22.3 Å². The van der Waals surface area contributed by atoms with Crippen molar-refractivity contribution in [2.45, 2.75) is 18.2 Å². The summed E-state index contributed by atoms with van der Waals surface area (Å²) in [6.07, 6.45) is 2.09. The zero-order valence-electron chi connectivity index (χ0n) is 10.3. The maximum absolute atomic E-state index is 12.0. The molecule has 0 unspecified atom stereocenters. The van der Waals surface area contributed by atoms with E-state index in [0.717, 1.165) is 6.07 Å². The van der Waals surface area contributed by atoms with Crippen molar-refractivity contribution < 1.29 is 18.3 Å². The molecule has 0 aliphatic carbocycles. The van der Waals surface area contributed by atoms with E-state index in [1.807, 2.05) is 0 Å². The van der Waals surface area contributed by atoms with Crippen LogP contribution in [0.5, 0.6) is 0 Å². The van der Waals surface area contributed by atoms with Crippen LogP contribution in [0.3, 0.4) is 0 Å². The van der Waals surface area contributed by atoms with Gasteiger partial charge in [-0.2, -0.15) is 0 Å². The molecule has 0 spiro atoms. The molecule has 5 nitrogen and oxygen atoms in total. The van der Waals surface area contributed by atoms with Gasteiger partial charge < -0.3 is 5.11 Å². The number of benzene rings is 1. The Balaban J connectivity index is 3.21. The van der Waals surface area contributed by atoms with E-state index < -0.39 is 16.0 Å². The van der Waals surface area contributed by atoms with Gasteiger partial charge in [-0.25, -0.2) is 17.9 Å². The van der Waals surface area contributed by atoms with Crippen molar-refractivity contribution in [2.24, 2.45) is 0 Å². The van der Waals surface area contributed by atoms with E-state index in [0.29, 0.717) is 16.5 Å². The molecule has 19 heavy (non-hydrogen) atoms. The Hall–Kier alpha value is -1.18. The van der Waals surface area contributed by atoms with Gasteiger partial charge in [-0.05, 0) is 31.0 Å². The third-order valence-corrected chi connectivity index (χ3v) is 4.76. The fraction of sp³-hybridized carbons (Fsp3) is 0.250. The monoisotopic (exact) mass is 347 g/mol. The molecular formula is C12H14BrNO4S. The van der Waals surface area contributed by atoms with E-state index in [1.54, 1.807) is 13.0 Å². The van der Waals surface area contributed by atoms with Crippen LogP contribution in [0.15, 0.2) is 34.2 Å². The maximum Gasteiger partial charge on any atom is 0.336 e. The van der Waals surface area contributed by atoms with Gasteiger partial charge in [-0.3, -0.25) is 0 Å². The Morgan fingerprint density at radius 3 is 2.68 bits per heavy atom. The van der Waals surface area contributed by atoms with Gasteiger partial charge in [-0.15, -0.1) is 6.58 Å². The molecule has 0 bridgehead atoms. The van der Waals surface area contributed by atoms with Crippen LogP contribution in [-0.2, 0) is 10.0 Å². The predicted molar refractivity (Wildman–Crippen MR) is 75.8 cm³/mol. The first-order valence-electron chi connectivity index (χ1n) is 5.43. The summed E-state index contributed by atoms with van der Waals surface area (Å²) in [6.45, 7) is 5.32. The second kappa shape index (κ2) is 6.31. The lowest BCUT2D eigenvalue weighted by atomic mass is 10.1. The average molecular weight is 348 g/mol. The Labute approximate surface area is 120 Å². The lowest BCUT2D eigenvalue weighted by Gasteiger charge is -2.10. The van der Waals surface area contributed by atoms with E-state index in [4.69, 9.17) is 5.11 Å². The summed E-state index contributed by atoms with van der Waals surface area (Å²) in [4.78, 5) is 11.0. The van der Waals surface area contributed by atoms with Gasteiger partial charge in [0, 0.05) is 11.0 Å². The third kappa shape index (κ3) is 3.89. The molecule has 0 saturated heterocycles. The highest BCUT2D eigenvalue weighted by molar-refractivity contribution is 9.10. The topological polar surface area (TPSA) is 83.5 Å². The molecular weight excluding hydrogens is 334 g/mol. The number of carboxylic acid groups (broad SMARTS) is 1. The molecule has 0 heterocycles. The lowest BCUT2D eigenvalue weighted by Crippen LogP contribution is -2.25. The molecule has 1 rings (SSSR count). The SMILES string of the molecule is C=CCCNS(=O)(=O)c1cc(Br)c(C)c(C(=O)O)c1. The summed E-state index contributed by atoms with van der Waals surface area (Å²) in [5.41, 5.74) is 0.441. The molecule has 0 aliphatic rings. The van der Waals surface area contributed by atoms with Crippen LogP contribution in [0.2, 0.25) is 0 Å². The Morgan fingerprint density at radius 2 is 2.16 bits per heavy atom. The van der Waals surface area contributed by atoms with Gasteiger partial charge in [0.1, 0.15) is 0 Å². The summed E-state index contributed by atoms with van der Waals surface area (Å²) < 4.78 is 26.8. The molecule has 0 amide bonds. The Morgan fingerprint density at radius 1 is 1.53 bits per heavy atom. The predicted octanol–water partition coefficient (Wildman–Crippen LogP) is 2.31. The first-order chi connectivity index (χ1) is 8.79.